The first-order valence-corrected chi connectivity index (χ1v) is 5.00. The van der Waals surface area contributed by atoms with Gasteiger partial charge in [-0.2, -0.15) is 0 Å². The summed E-state index contributed by atoms with van der Waals surface area (Å²) in [6.07, 6.45) is 0. The number of hydrogen-bond acceptors (Lipinski definition) is 2. The molecule has 2 nitrogen and oxygen atoms in total. The monoisotopic (exact) mass is 197 g/mol. The molecule has 2 aromatic heterocycles. The standard InChI is InChI=1S/C13H11NO/c1-8-3-5-10-11-6-4-9(2)14-13(11)15-12(10)7-8/h3-7H,1-2H3. The average Bonchev–Trinajstić information content (AvgIpc) is 2.53. The Morgan fingerprint density at radius 1 is 1.00 bits per heavy atom. The fourth-order valence-corrected chi connectivity index (χ4v) is 1.86. The molecule has 15 heavy (non-hydrogen) atoms. The molecule has 0 aliphatic rings. The molecule has 0 spiro atoms. The van der Waals surface area contributed by atoms with E-state index in [1.807, 2.05) is 19.1 Å². The summed E-state index contributed by atoms with van der Waals surface area (Å²) in [5.74, 6) is 0. The maximum absolute atomic E-state index is 5.70. The summed E-state index contributed by atoms with van der Waals surface area (Å²) in [4.78, 5) is 4.38. The molecule has 0 N–H and O–H groups in total. The zero-order valence-electron chi connectivity index (χ0n) is 8.74. The van der Waals surface area contributed by atoms with Crippen LogP contribution >= 0.6 is 0 Å². The van der Waals surface area contributed by atoms with Gasteiger partial charge in [-0.25, -0.2) is 4.98 Å². The van der Waals surface area contributed by atoms with Crippen LogP contribution in [-0.4, -0.2) is 4.98 Å². The van der Waals surface area contributed by atoms with E-state index in [1.54, 1.807) is 0 Å². The summed E-state index contributed by atoms with van der Waals surface area (Å²) in [5.41, 5.74) is 3.84. The molecule has 0 amide bonds. The molecule has 0 atom stereocenters. The predicted octanol–water partition coefficient (Wildman–Crippen LogP) is 3.60. The Morgan fingerprint density at radius 2 is 1.80 bits per heavy atom. The highest BCUT2D eigenvalue weighted by Gasteiger charge is 2.07. The van der Waals surface area contributed by atoms with Crippen molar-refractivity contribution in [3.8, 4) is 0 Å². The molecule has 1 aromatic carbocycles. The summed E-state index contributed by atoms with van der Waals surface area (Å²) >= 11 is 0. The second-order valence-electron chi connectivity index (χ2n) is 3.91. The number of fused-ring (bicyclic) bond motifs is 3. The molecular weight excluding hydrogens is 186 g/mol. The maximum atomic E-state index is 5.70. The second-order valence-corrected chi connectivity index (χ2v) is 3.91. The average molecular weight is 197 g/mol. The molecule has 0 saturated carbocycles. The predicted molar refractivity (Wildman–Crippen MR) is 61.0 cm³/mol. The number of aromatic nitrogens is 1. The quantitative estimate of drug-likeness (QED) is 0.550. The molecule has 0 fully saturated rings. The van der Waals surface area contributed by atoms with Gasteiger partial charge in [0.2, 0.25) is 5.71 Å². The first-order valence-electron chi connectivity index (χ1n) is 5.00. The molecule has 0 bridgehead atoms. The van der Waals surface area contributed by atoms with Gasteiger partial charge in [0.15, 0.2) is 0 Å². The molecular formula is C13H11NO. The third-order valence-corrected chi connectivity index (χ3v) is 2.63. The van der Waals surface area contributed by atoms with E-state index in [0.29, 0.717) is 0 Å². The first kappa shape index (κ1) is 8.48. The molecule has 0 radical (unpaired) electrons. The van der Waals surface area contributed by atoms with E-state index in [4.69, 9.17) is 4.42 Å². The Labute approximate surface area is 87.5 Å². The van der Waals surface area contributed by atoms with Crippen LogP contribution in [0.5, 0.6) is 0 Å². The molecule has 0 aliphatic carbocycles. The van der Waals surface area contributed by atoms with Gasteiger partial charge in [-0.15, -0.1) is 0 Å². The van der Waals surface area contributed by atoms with Crippen molar-refractivity contribution >= 4 is 22.1 Å². The van der Waals surface area contributed by atoms with Crippen molar-refractivity contribution in [3.63, 3.8) is 0 Å². The van der Waals surface area contributed by atoms with E-state index < -0.39 is 0 Å². The van der Waals surface area contributed by atoms with Gasteiger partial charge in [-0.05, 0) is 37.6 Å². The van der Waals surface area contributed by atoms with E-state index in [0.717, 1.165) is 27.8 Å². The number of nitrogens with zero attached hydrogens (tertiary/aromatic N) is 1. The summed E-state index contributed by atoms with van der Waals surface area (Å²) < 4.78 is 5.70. The van der Waals surface area contributed by atoms with Crippen LogP contribution in [0.1, 0.15) is 11.3 Å². The van der Waals surface area contributed by atoms with Gasteiger partial charge in [-0.1, -0.05) is 12.1 Å². The Morgan fingerprint density at radius 3 is 2.67 bits per heavy atom. The van der Waals surface area contributed by atoms with Crippen LogP contribution in [0.4, 0.5) is 0 Å². The van der Waals surface area contributed by atoms with Crippen LogP contribution in [0.25, 0.3) is 22.1 Å². The van der Waals surface area contributed by atoms with E-state index >= 15 is 0 Å². The summed E-state index contributed by atoms with van der Waals surface area (Å²) in [6, 6.07) is 10.3. The highest BCUT2D eigenvalue weighted by molar-refractivity contribution is 6.03. The van der Waals surface area contributed by atoms with Crippen molar-refractivity contribution in [2.45, 2.75) is 13.8 Å². The van der Waals surface area contributed by atoms with Crippen molar-refractivity contribution in [2.24, 2.45) is 0 Å². The lowest BCUT2D eigenvalue weighted by molar-refractivity contribution is 0.652. The Bertz CT molecular complexity index is 596. The minimum atomic E-state index is 0.732. The van der Waals surface area contributed by atoms with Crippen molar-refractivity contribution in [2.75, 3.05) is 0 Å². The number of aryl methyl sites for hydroxylation is 2. The largest absolute Gasteiger partial charge is 0.438 e. The number of rotatable bonds is 0. The minimum absolute atomic E-state index is 0.732. The van der Waals surface area contributed by atoms with E-state index in [2.05, 4.69) is 30.1 Å². The van der Waals surface area contributed by atoms with Crippen LogP contribution in [0.3, 0.4) is 0 Å². The lowest BCUT2D eigenvalue weighted by Gasteiger charge is -1.91. The van der Waals surface area contributed by atoms with Gasteiger partial charge in [0, 0.05) is 16.5 Å². The molecule has 3 rings (SSSR count). The normalized spacial score (nSPS) is 11.3. The molecule has 3 aromatic rings. The van der Waals surface area contributed by atoms with Gasteiger partial charge in [0.05, 0.1) is 0 Å². The lowest BCUT2D eigenvalue weighted by atomic mass is 10.1. The van der Waals surface area contributed by atoms with E-state index in [1.165, 1.54) is 5.56 Å². The van der Waals surface area contributed by atoms with Crippen molar-refractivity contribution in [1.29, 1.82) is 0 Å². The smallest absolute Gasteiger partial charge is 0.227 e. The fourth-order valence-electron chi connectivity index (χ4n) is 1.86. The summed E-state index contributed by atoms with van der Waals surface area (Å²) in [5, 5.41) is 2.23. The van der Waals surface area contributed by atoms with Gasteiger partial charge in [0.1, 0.15) is 5.58 Å². The highest BCUT2D eigenvalue weighted by atomic mass is 16.3. The number of pyridine rings is 1. The third-order valence-electron chi connectivity index (χ3n) is 2.63. The molecule has 74 valence electrons. The van der Waals surface area contributed by atoms with Crippen LogP contribution in [0.15, 0.2) is 34.7 Å². The Kier molecular flexibility index (Phi) is 1.60. The Hall–Kier alpha value is -1.83. The van der Waals surface area contributed by atoms with Gasteiger partial charge >= 0.3 is 0 Å². The topological polar surface area (TPSA) is 26.0 Å². The van der Waals surface area contributed by atoms with Gasteiger partial charge in [-0.3, -0.25) is 0 Å². The molecule has 0 aliphatic heterocycles. The number of hydrogen-bond donors (Lipinski definition) is 0. The van der Waals surface area contributed by atoms with Crippen molar-refractivity contribution < 1.29 is 4.42 Å². The lowest BCUT2D eigenvalue weighted by Crippen LogP contribution is -1.77. The molecule has 2 heterocycles. The van der Waals surface area contributed by atoms with Crippen LogP contribution in [-0.2, 0) is 0 Å². The highest BCUT2D eigenvalue weighted by Crippen LogP contribution is 2.27. The minimum Gasteiger partial charge on any atom is -0.438 e. The van der Waals surface area contributed by atoms with E-state index in [9.17, 15) is 0 Å². The summed E-state index contributed by atoms with van der Waals surface area (Å²) in [6.45, 7) is 4.03. The number of furan rings is 1. The summed E-state index contributed by atoms with van der Waals surface area (Å²) in [7, 11) is 0. The third kappa shape index (κ3) is 1.22. The van der Waals surface area contributed by atoms with E-state index in [-0.39, 0.29) is 0 Å². The fraction of sp³-hybridized carbons (Fsp3) is 0.154. The molecule has 0 unspecified atom stereocenters. The second kappa shape index (κ2) is 2.83. The SMILES string of the molecule is Cc1ccc2c(c1)oc1nc(C)ccc12. The van der Waals surface area contributed by atoms with Crippen LogP contribution in [0, 0.1) is 13.8 Å². The zero-order chi connectivity index (χ0) is 10.4. The van der Waals surface area contributed by atoms with Gasteiger partial charge in [0.25, 0.3) is 0 Å². The zero-order valence-corrected chi connectivity index (χ0v) is 8.74. The first-order chi connectivity index (χ1) is 7.24. The van der Waals surface area contributed by atoms with Crippen molar-refractivity contribution in [3.05, 3.63) is 41.6 Å². The Balaban J connectivity index is 2.51. The maximum Gasteiger partial charge on any atom is 0.227 e. The van der Waals surface area contributed by atoms with Gasteiger partial charge < -0.3 is 4.42 Å². The molecule has 0 saturated heterocycles. The number of benzene rings is 1. The van der Waals surface area contributed by atoms with Crippen LogP contribution < -0.4 is 0 Å². The van der Waals surface area contributed by atoms with Crippen LogP contribution in [0.2, 0.25) is 0 Å². The van der Waals surface area contributed by atoms with Crippen molar-refractivity contribution in [1.82, 2.24) is 4.98 Å². The molecule has 2 heteroatoms.